The molecule has 136 valence electrons. The van der Waals surface area contributed by atoms with Crippen molar-refractivity contribution in [2.75, 3.05) is 20.2 Å². The number of aliphatic hydroxyl groups is 2. The number of nitrogens with zero attached hydrogens (tertiary/aromatic N) is 3. The Morgan fingerprint density at radius 3 is 2.77 bits per heavy atom. The molecule has 0 aliphatic carbocycles. The molecule has 0 fully saturated rings. The van der Waals surface area contributed by atoms with Gasteiger partial charge in [-0.05, 0) is 54.4 Å². The van der Waals surface area contributed by atoms with E-state index in [0.29, 0.717) is 13.0 Å². The molecule has 0 bridgehead atoms. The molecule has 0 saturated carbocycles. The first-order valence-electron chi connectivity index (χ1n) is 9.17. The van der Waals surface area contributed by atoms with Crippen LogP contribution in [0.2, 0.25) is 0 Å². The third kappa shape index (κ3) is 3.14. The van der Waals surface area contributed by atoms with Gasteiger partial charge < -0.3 is 19.7 Å². The highest BCUT2D eigenvalue weighted by atomic mass is 16.3. The summed E-state index contributed by atoms with van der Waals surface area (Å²) >= 11 is 0. The van der Waals surface area contributed by atoms with Gasteiger partial charge in [0.15, 0.2) is 0 Å². The Bertz CT molecular complexity index is 905. The first-order chi connectivity index (χ1) is 12.7. The van der Waals surface area contributed by atoms with E-state index < -0.39 is 6.10 Å². The third-order valence-corrected chi connectivity index (χ3v) is 5.36. The second kappa shape index (κ2) is 7.19. The zero-order chi connectivity index (χ0) is 18.1. The van der Waals surface area contributed by atoms with Gasteiger partial charge in [0, 0.05) is 55.1 Å². The van der Waals surface area contributed by atoms with E-state index >= 15 is 0 Å². The van der Waals surface area contributed by atoms with Crippen LogP contribution in [0.5, 0.6) is 0 Å². The zero-order valence-electron chi connectivity index (χ0n) is 15.1. The van der Waals surface area contributed by atoms with E-state index in [1.54, 1.807) is 12.4 Å². The average Bonchev–Trinajstić information content (AvgIpc) is 2.95. The zero-order valence-corrected chi connectivity index (χ0v) is 15.1. The Morgan fingerprint density at radius 2 is 2.00 bits per heavy atom. The summed E-state index contributed by atoms with van der Waals surface area (Å²) in [6.45, 7) is 2.65. The monoisotopic (exact) mass is 351 g/mol. The van der Waals surface area contributed by atoms with E-state index in [1.165, 1.54) is 22.2 Å². The normalized spacial score (nSPS) is 16.0. The largest absolute Gasteiger partial charge is 0.396 e. The highest BCUT2D eigenvalue weighted by Gasteiger charge is 2.24. The van der Waals surface area contributed by atoms with Crippen molar-refractivity contribution in [3.05, 3.63) is 65.1 Å². The summed E-state index contributed by atoms with van der Waals surface area (Å²) < 4.78 is 2.28. The van der Waals surface area contributed by atoms with Crippen LogP contribution in [0.3, 0.4) is 0 Å². The number of rotatable bonds is 5. The Labute approximate surface area is 153 Å². The second-order valence-electron chi connectivity index (χ2n) is 7.15. The standard InChI is InChI=1S/C21H25N3O2/c1-23-10-6-20-18(13-23)17-12-15(7-11-25)2-3-19(17)24(20)14-21(26)16-4-8-22-9-5-16/h2-5,8-9,12,21,25-26H,6-7,10-11,13-14H2,1H3/t21-/m1/s1. The maximum absolute atomic E-state index is 10.8. The quantitative estimate of drug-likeness (QED) is 0.740. The molecule has 4 rings (SSSR count). The van der Waals surface area contributed by atoms with Gasteiger partial charge in [-0.15, -0.1) is 0 Å². The van der Waals surface area contributed by atoms with E-state index in [9.17, 15) is 10.2 Å². The molecular weight excluding hydrogens is 326 g/mol. The lowest BCUT2D eigenvalue weighted by atomic mass is 10.0. The molecule has 26 heavy (non-hydrogen) atoms. The van der Waals surface area contributed by atoms with Crippen LogP contribution >= 0.6 is 0 Å². The van der Waals surface area contributed by atoms with Crippen molar-refractivity contribution in [2.24, 2.45) is 0 Å². The van der Waals surface area contributed by atoms with Crippen molar-refractivity contribution in [2.45, 2.75) is 32.0 Å². The lowest BCUT2D eigenvalue weighted by Crippen LogP contribution is -2.27. The van der Waals surface area contributed by atoms with Crippen molar-refractivity contribution in [3.63, 3.8) is 0 Å². The van der Waals surface area contributed by atoms with Crippen LogP contribution in [0.15, 0.2) is 42.7 Å². The van der Waals surface area contributed by atoms with E-state index in [4.69, 9.17) is 0 Å². The number of likely N-dealkylation sites (N-methyl/N-ethyl adjacent to an activating group) is 1. The van der Waals surface area contributed by atoms with Crippen LogP contribution < -0.4 is 0 Å². The van der Waals surface area contributed by atoms with E-state index in [1.807, 2.05) is 12.1 Å². The van der Waals surface area contributed by atoms with Gasteiger partial charge in [-0.2, -0.15) is 0 Å². The second-order valence-corrected chi connectivity index (χ2v) is 7.15. The summed E-state index contributed by atoms with van der Waals surface area (Å²) in [7, 11) is 2.15. The summed E-state index contributed by atoms with van der Waals surface area (Å²) in [4.78, 5) is 6.37. The summed E-state index contributed by atoms with van der Waals surface area (Å²) in [6.07, 6.45) is 4.54. The Morgan fingerprint density at radius 1 is 1.19 bits per heavy atom. The smallest absolute Gasteiger partial charge is 0.0970 e. The highest BCUT2D eigenvalue weighted by molar-refractivity contribution is 5.86. The first-order valence-corrected chi connectivity index (χ1v) is 9.17. The van der Waals surface area contributed by atoms with Crippen molar-refractivity contribution < 1.29 is 10.2 Å². The molecule has 3 heterocycles. The molecule has 5 heteroatoms. The van der Waals surface area contributed by atoms with Crippen LogP contribution in [0, 0.1) is 0 Å². The molecule has 1 aliphatic rings. The number of aromatic nitrogens is 2. The molecule has 0 unspecified atom stereocenters. The van der Waals surface area contributed by atoms with Crippen molar-refractivity contribution >= 4 is 10.9 Å². The van der Waals surface area contributed by atoms with Crippen molar-refractivity contribution in [1.82, 2.24) is 14.5 Å². The minimum atomic E-state index is -0.561. The van der Waals surface area contributed by atoms with Crippen LogP contribution in [-0.2, 0) is 25.9 Å². The predicted molar refractivity (Wildman–Crippen MR) is 102 cm³/mol. The minimum Gasteiger partial charge on any atom is -0.396 e. The molecule has 0 amide bonds. The van der Waals surface area contributed by atoms with Crippen LogP contribution in [0.25, 0.3) is 10.9 Å². The van der Waals surface area contributed by atoms with Gasteiger partial charge in [-0.1, -0.05) is 6.07 Å². The number of hydrogen-bond acceptors (Lipinski definition) is 4. The first kappa shape index (κ1) is 17.2. The third-order valence-electron chi connectivity index (χ3n) is 5.36. The Kier molecular flexibility index (Phi) is 4.76. The number of pyridine rings is 1. The predicted octanol–water partition coefficient (Wildman–Crippen LogP) is 2.29. The fraction of sp³-hybridized carbons (Fsp3) is 0.381. The molecule has 0 spiro atoms. The molecule has 2 N–H and O–H groups in total. The Hall–Kier alpha value is -2.21. The van der Waals surface area contributed by atoms with E-state index in [2.05, 4.69) is 39.7 Å². The molecule has 1 aromatic carbocycles. The molecule has 2 aromatic heterocycles. The van der Waals surface area contributed by atoms with Gasteiger partial charge in [0.1, 0.15) is 0 Å². The topological polar surface area (TPSA) is 61.5 Å². The average molecular weight is 351 g/mol. The van der Waals surface area contributed by atoms with Crippen LogP contribution in [0.4, 0.5) is 0 Å². The van der Waals surface area contributed by atoms with Gasteiger partial charge in [-0.25, -0.2) is 0 Å². The van der Waals surface area contributed by atoms with Crippen molar-refractivity contribution in [3.8, 4) is 0 Å². The molecule has 0 saturated heterocycles. The summed E-state index contributed by atoms with van der Waals surface area (Å²) in [5.74, 6) is 0. The molecular formula is C21H25N3O2. The molecule has 3 aromatic rings. The van der Waals surface area contributed by atoms with Crippen molar-refractivity contribution in [1.29, 1.82) is 0 Å². The highest BCUT2D eigenvalue weighted by Crippen LogP contribution is 2.33. The lowest BCUT2D eigenvalue weighted by molar-refractivity contribution is 0.156. The fourth-order valence-corrected chi connectivity index (χ4v) is 3.99. The minimum absolute atomic E-state index is 0.162. The van der Waals surface area contributed by atoms with E-state index in [-0.39, 0.29) is 6.61 Å². The SMILES string of the molecule is CN1CCc2c(c3cc(CCO)ccc3n2C[C@@H](O)c2ccncc2)C1. The van der Waals surface area contributed by atoms with Gasteiger partial charge in [-0.3, -0.25) is 4.98 Å². The van der Waals surface area contributed by atoms with Crippen LogP contribution in [-0.4, -0.2) is 44.9 Å². The number of fused-ring (bicyclic) bond motifs is 3. The molecule has 1 atom stereocenters. The molecule has 1 aliphatic heterocycles. The maximum atomic E-state index is 10.8. The number of hydrogen-bond donors (Lipinski definition) is 2. The molecule has 5 nitrogen and oxygen atoms in total. The van der Waals surface area contributed by atoms with Gasteiger partial charge in [0.2, 0.25) is 0 Å². The summed E-state index contributed by atoms with van der Waals surface area (Å²) in [6, 6.07) is 10.2. The van der Waals surface area contributed by atoms with Gasteiger partial charge in [0.25, 0.3) is 0 Å². The van der Waals surface area contributed by atoms with Crippen LogP contribution in [0.1, 0.15) is 28.5 Å². The number of benzene rings is 1. The van der Waals surface area contributed by atoms with Gasteiger partial charge in [0.05, 0.1) is 12.6 Å². The Balaban J connectivity index is 1.78. The summed E-state index contributed by atoms with van der Waals surface area (Å²) in [5, 5.41) is 21.3. The molecule has 0 radical (unpaired) electrons. The lowest BCUT2D eigenvalue weighted by Gasteiger charge is -2.25. The number of aliphatic hydroxyl groups excluding tert-OH is 2. The van der Waals surface area contributed by atoms with E-state index in [0.717, 1.165) is 30.6 Å². The summed E-state index contributed by atoms with van der Waals surface area (Å²) in [5.41, 5.74) is 5.89. The fourth-order valence-electron chi connectivity index (χ4n) is 3.99. The maximum Gasteiger partial charge on any atom is 0.0970 e. The van der Waals surface area contributed by atoms with Gasteiger partial charge >= 0.3 is 0 Å².